The highest BCUT2D eigenvalue weighted by molar-refractivity contribution is 5.71. The molecule has 3 unspecified atom stereocenters. The van der Waals surface area contributed by atoms with Crippen molar-refractivity contribution in [2.24, 2.45) is 11.8 Å². The van der Waals surface area contributed by atoms with Crippen molar-refractivity contribution in [2.45, 2.75) is 19.9 Å². The van der Waals surface area contributed by atoms with Crippen molar-refractivity contribution in [1.82, 2.24) is 9.88 Å². The lowest BCUT2D eigenvalue weighted by atomic mass is 9.99. The minimum absolute atomic E-state index is 0.183. The minimum Gasteiger partial charge on any atom is -0.481 e. The predicted molar refractivity (Wildman–Crippen MR) is 64.5 cm³/mol. The van der Waals surface area contributed by atoms with Crippen LogP contribution in [0.4, 0.5) is 0 Å². The van der Waals surface area contributed by atoms with Gasteiger partial charge in [-0.15, -0.1) is 0 Å². The molecule has 1 N–H and O–H groups in total. The summed E-state index contributed by atoms with van der Waals surface area (Å²) in [7, 11) is 0. The highest BCUT2D eigenvalue weighted by Gasteiger charge is 2.37. The number of likely N-dealkylation sites (tertiary alicyclic amines) is 1. The first-order valence-corrected chi connectivity index (χ1v) is 5.97. The molecule has 1 aliphatic rings. The van der Waals surface area contributed by atoms with E-state index in [9.17, 15) is 4.79 Å². The van der Waals surface area contributed by atoms with Crippen molar-refractivity contribution in [2.75, 3.05) is 13.1 Å². The van der Waals surface area contributed by atoms with Crippen LogP contribution in [0.5, 0.6) is 0 Å². The van der Waals surface area contributed by atoms with Crippen LogP contribution in [0.2, 0.25) is 0 Å². The Morgan fingerprint density at radius 1 is 1.53 bits per heavy atom. The normalized spacial score (nSPS) is 26.9. The van der Waals surface area contributed by atoms with E-state index in [1.54, 1.807) is 6.20 Å². The molecular formula is C13H18N2O2. The van der Waals surface area contributed by atoms with Gasteiger partial charge < -0.3 is 5.11 Å². The zero-order valence-corrected chi connectivity index (χ0v) is 10.2. The van der Waals surface area contributed by atoms with Crippen LogP contribution in [-0.4, -0.2) is 34.0 Å². The zero-order valence-electron chi connectivity index (χ0n) is 10.2. The largest absolute Gasteiger partial charge is 0.481 e. The van der Waals surface area contributed by atoms with Crippen LogP contribution in [0.1, 0.15) is 25.6 Å². The topological polar surface area (TPSA) is 53.4 Å². The average Bonchev–Trinajstić information content (AvgIpc) is 2.71. The molecule has 92 valence electrons. The number of aromatic nitrogens is 1. The van der Waals surface area contributed by atoms with Gasteiger partial charge in [0.15, 0.2) is 0 Å². The maximum atomic E-state index is 11.1. The zero-order chi connectivity index (χ0) is 12.4. The molecule has 2 heterocycles. The fourth-order valence-electron chi connectivity index (χ4n) is 2.45. The first-order valence-electron chi connectivity index (χ1n) is 5.97. The first kappa shape index (κ1) is 12.0. The third-order valence-electron chi connectivity index (χ3n) is 3.62. The molecule has 0 aromatic carbocycles. The Labute approximate surface area is 101 Å². The summed E-state index contributed by atoms with van der Waals surface area (Å²) in [5, 5.41) is 9.11. The number of nitrogens with zero attached hydrogens (tertiary/aromatic N) is 2. The van der Waals surface area contributed by atoms with E-state index in [4.69, 9.17) is 5.11 Å². The van der Waals surface area contributed by atoms with E-state index in [2.05, 4.69) is 16.8 Å². The fourth-order valence-corrected chi connectivity index (χ4v) is 2.45. The Morgan fingerprint density at radius 2 is 2.29 bits per heavy atom. The molecule has 0 radical (unpaired) electrons. The molecule has 0 saturated carbocycles. The van der Waals surface area contributed by atoms with E-state index in [-0.39, 0.29) is 17.9 Å². The summed E-state index contributed by atoms with van der Waals surface area (Å²) in [4.78, 5) is 17.6. The second kappa shape index (κ2) is 4.84. The molecular weight excluding hydrogens is 216 g/mol. The molecule has 0 amide bonds. The van der Waals surface area contributed by atoms with Crippen molar-refractivity contribution in [3.05, 3.63) is 30.1 Å². The predicted octanol–water partition coefficient (Wildman–Crippen LogP) is 1.80. The maximum absolute atomic E-state index is 11.1. The van der Waals surface area contributed by atoms with Gasteiger partial charge in [0, 0.05) is 25.3 Å². The minimum atomic E-state index is -0.687. The van der Waals surface area contributed by atoms with E-state index in [1.807, 2.05) is 25.1 Å². The number of carboxylic acid groups (broad SMARTS) is 1. The van der Waals surface area contributed by atoms with Gasteiger partial charge in [-0.25, -0.2) is 0 Å². The third kappa shape index (κ3) is 2.47. The third-order valence-corrected chi connectivity index (χ3v) is 3.62. The van der Waals surface area contributed by atoms with Crippen LogP contribution in [0.25, 0.3) is 0 Å². The molecule has 3 atom stereocenters. The second-order valence-corrected chi connectivity index (χ2v) is 4.81. The number of carbonyl (C=O) groups is 1. The summed E-state index contributed by atoms with van der Waals surface area (Å²) >= 11 is 0. The van der Waals surface area contributed by atoms with Crippen LogP contribution < -0.4 is 0 Å². The number of pyridine rings is 1. The number of aliphatic carboxylic acids is 1. The van der Waals surface area contributed by atoms with E-state index in [0.717, 1.165) is 12.2 Å². The molecule has 4 heteroatoms. The highest BCUT2D eigenvalue weighted by Crippen LogP contribution is 2.30. The van der Waals surface area contributed by atoms with Gasteiger partial charge in [-0.3, -0.25) is 14.7 Å². The van der Waals surface area contributed by atoms with Gasteiger partial charge in [0.1, 0.15) is 0 Å². The number of carboxylic acids is 1. The van der Waals surface area contributed by atoms with Crippen LogP contribution in [-0.2, 0) is 4.79 Å². The Bertz CT molecular complexity index is 394. The number of rotatable bonds is 3. The maximum Gasteiger partial charge on any atom is 0.308 e. The summed E-state index contributed by atoms with van der Waals surface area (Å²) in [6.45, 7) is 5.53. The molecule has 1 aromatic heterocycles. The monoisotopic (exact) mass is 234 g/mol. The van der Waals surface area contributed by atoms with E-state index >= 15 is 0 Å². The van der Waals surface area contributed by atoms with Crippen LogP contribution in [0, 0.1) is 11.8 Å². The molecule has 2 rings (SSSR count). The highest BCUT2D eigenvalue weighted by atomic mass is 16.4. The molecule has 1 saturated heterocycles. The van der Waals surface area contributed by atoms with E-state index in [1.165, 1.54) is 0 Å². The van der Waals surface area contributed by atoms with Gasteiger partial charge in [0.25, 0.3) is 0 Å². The molecule has 1 fully saturated rings. The van der Waals surface area contributed by atoms with Gasteiger partial charge in [0.05, 0.1) is 11.6 Å². The van der Waals surface area contributed by atoms with E-state index in [0.29, 0.717) is 6.54 Å². The molecule has 17 heavy (non-hydrogen) atoms. The lowest BCUT2D eigenvalue weighted by Gasteiger charge is -2.23. The summed E-state index contributed by atoms with van der Waals surface area (Å²) in [6.07, 6.45) is 1.78. The van der Waals surface area contributed by atoms with Crippen LogP contribution in [0.15, 0.2) is 24.4 Å². The van der Waals surface area contributed by atoms with Crippen LogP contribution >= 0.6 is 0 Å². The molecule has 0 spiro atoms. The summed E-state index contributed by atoms with van der Waals surface area (Å²) in [5.41, 5.74) is 1.01. The standard InChI is InChI=1S/C13H18N2O2/c1-9-7-15(8-11(9)13(16)17)10(2)12-5-3-4-6-14-12/h3-6,9-11H,7-8H2,1-2H3,(H,16,17). The second-order valence-electron chi connectivity index (χ2n) is 4.81. The summed E-state index contributed by atoms with van der Waals surface area (Å²) in [6, 6.07) is 6.03. The van der Waals surface area contributed by atoms with E-state index < -0.39 is 5.97 Å². The first-order chi connectivity index (χ1) is 8.09. The van der Waals surface area contributed by atoms with Gasteiger partial charge in [-0.05, 0) is 25.0 Å². The molecule has 1 aromatic rings. The SMILES string of the molecule is CC1CN(C(C)c2ccccn2)CC1C(=O)O. The lowest BCUT2D eigenvalue weighted by molar-refractivity contribution is -0.142. The van der Waals surface area contributed by atoms with Crippen molar-refractivity contribution < 1.29 is 9.90 Å². The number of hydrogen-bond donors (Lipinski definition) is 1. The van der Waals surface area contributed by atoms with Gasteiger partial charge in [0.2, 0.25) is 0 Å². The smallest absolute Gasteiger partial charge is 0.308 e. The van der Waals surface area contributed by atoms with Crippen molar-refractivity contribution >= 4 is 5.97 Å². The quantitative estimate of drug-likeness (QED) is 0.866. The average molecular weight is 234 g/mol. The Morgan fingerprint density at radius 3 is 2.82 bits per heavy atom. The summed E-state index contributed by atoms with van der Waals surface area (Å²) in [5.74, 6) is -0.729. The molecule has 4 nitrogen and oxygen atoms in total. The molecule has 1 aliphatic heterocycles. The van der Waals surface area contributed by atoms with Crippen molar-refractivity contribution in [3.8, 4) is 0 Å². The lowest BCUT2D eigenvalue weighted by Crippen LogP contribution is -2.26. The van der Waals surface area contributed by atoms with Gasteiger partial charge >= 0.3 is 5.97 Å². The van der Waals surface area contributed by atoms with Gasteiger partial charge in [-0.1, -0.05) is 13.0 Å². The van der Waals surface area contributed by atoms with Crippen molar-refractivity contribution in [1.29, 1.82) is 0 Å². The Kier molecular flexibility index (Phi) is 3.43. The molecule has 0 bridgehead atoms. The number of hydrogen-bond acceptors (Lipinski definition) is 3. The Balaban J connectivity index is 2.08. The van der Waals surface area contributed by atoms with Gasteiger partial charge in [-0.2, -0.15) is 0 Å². The summed E-state index contributed by atoms with van der Waals surface area (Å²) < 4.78 is 0. The van der Waals surface area contributed by atoms with Crippen molar-refractivity contribution in [3.63, 3.8) is 0 Å². The molecule has 0 aliphatic carbocycles. The van der Waals surface area contributed by atoms with Crippen LogP contribution in [0.3, 0.4) is 0 Å². The fraction of sp³-hybridized carbons (Fsp3) is 0.538. The Hall–Kier alpha value is -1.42.